The van der Waals surface area contributed by atoms with Gasteiger partial charge >= 0.3 is 0 Å². The number of nitrogen functional groups attached to an aromatic ring is 1. The topological polar surface area (TPSA) is 75.0 Å². The molecule has 0 spiro atoms. The van der Waals surface area contributed by atoms with Gasteiger partial charge in [-0.25, -0.2) is 4.98 Å². The molecule has 0 atom stereocenters. The van der Waals surface area contributed by atoms with Gasteiger partial charge in [0.25, 0.3) is 5.56 Å². The number of hydrogen-bond acceptors (Lipinski definition) is 5. The normalized spacial score (nSPS) is 15.4. The van der Waals surface area contributed by atoms with Gasteiger partial charge in [-0.15, -0.1) is 11.3 Å². The Morgan fingerprint density at radius 1 is 1.58 bits per heavy atom. The van der Waals surface area contributed by atoms with Gasteiger partial charge in [0.2, 0.25) is 5.95 Å². The second-order valence-corrected chi connectivity index (χ2v) is 6.48. The number of halogens is 1. The fraction of sp³-hybridized carbons (Fsp3) is 0.333. The highest BCUT2D eigenvalue weighted by Gasteiger charge is 2.21. The van der Waals surface area contributed by atoms with Gasteiger partial charge < -0.3 is 5.73 Å². The number of H-pyrrole nitrogens is 1. The molecule has 5 nitrogen and oxygen atoms in total. The van der Waals surface area contributed by atoms with Crippen molar-refractivity contribution in [3.05, 3.63) is 42.4 Å². The maximum atomic E-state index is 11.9. The third-order valence-corrected chi connectivity index (χ3v) is 4.85. The third-order valence-electron chi connectivity index (χ3n) is 3.17. The molecule has 2 aromatic rings. The van der Waals surface area contributed by atoms with Crippen molar-refractivity contribution in [1.82, 2.24) is 14.9 Å². The molecular formula is C12H13BrN4OS. The standard InChI is InChI=1S/C12H13BrN4OS/c13-7-3-8(19-6-7)4-17-2-1-10-9(5-17)11(18)16-12(14)15-10/h3,6H,1-2,4-5H2,(H3,14,15,16,18). The van der Waals surface area contributed by atoms with Crippen LogP contribution >= 0.6 is 27.3 Å². The molecule has 3 rings (SSSR count). The molecule has 0 fully saturated rings. The summed E-state index contributed by atoms with van der Waals surface area (Å²) < 4.78 is 1.11. The predicted octanol–water partition coefficient (Wildman–Crippen LogP) is 1.73. The predicted molar refractivity (Wildman–Crippen MR) is 79.1 cm³/mol. The Morgan fingerprint density at radius 3 is 3.16 bits per heavy atom. The Kier molecular flexibility index (Phi) is 3.42. The van der Waals surface area contributed by atoms with Gasteiger partial charge in [-0.1, -0.05) is 0 Å². The number of nitrogens with one attached hydrogen (secondary N) is 1. The maximum Gasteiger partial charge on any atom is 0.257 e. The Morgan fingerprint density at radius 2 is 2.42 bits per heavy atom. The van der Waals surface area contributed by atoms with Crippen molar-refractivity contribution in [3.8, 4) is 0 Å². The van der Waals surface area contributed by atoms with E-state index in [1.165, 1.54) is 4.88 Å². The molecule has 3 heterocycles. The highest BCUT2D eigenvalue weighted by Crippen LogP contribution is 2.23. The first-order valence-corrected chi connectivity index (χ1v) is 7.62. The summed E-state index contributed by atoms with van der Waals surface area (Å²) in [5.41, 5.74) is 7.03. The van der Waals surface area contributed by atoms with Crippen molar-refractivity contribution in [2.75, 3.05) is 12.3 Å². The van der Waals surface area contributed by atoms with E-state index in [1.807, 2.05) is 0 Å². The highest BCUT2D eigenvalue weighted by atomic mass is 79.9. The SMILES string of the molecule is Nc1nc2c(c(=O)[nH]1)CN(Cc1cc(Br)cs1)CC2. The van der Waals surface area contributed by atoms with Gasteiger partial charge in [0.1, 0.15) is 0 Å². The van der Waals surface area contributed by atoms with E-state index in [1.54, 1.807) is 11.3 Å². The van der Waals surface area contributed by atoms with Crippen LogP contribution in [0.2, 0.25) is 0 Å². The molecule has 1 aliphatic heterocycles. The number of thiophene rings is 1. The van der Waals surface area contributed by atoms with Gasteiger partial charge in [0, 0.05) is 40.8 Å². The molecule has 3 N–H and O–H groups in total. The first kappa shape index (κ1) is 12.8. The van der Waals surface area contributed by atoms with Crippen molar-refractivity contribution in [3.63, 3.8) is 0 Å². The summed E-state index contributed by atoms with van der Waals surface area (Å²) in [5.74, 6) is 0.208. The summed E-state index contributed by atoms with van der Waals surface area (Å²) in [6.45, 7) is 2.39. The highest BCUT2D eigenvalue weighted by molar-refractivity contribution is 9.10. The van der Waals surface area contributed by atoms with Gasteiger partial charge in [0.15, 0.2) is 0 Å². The lowest BCUT2D eigenvalue weighted by Crippen LogP contribution is -2.35. The van der Waals surface area contributed by atoms with Crippen molar-refractivity contribution < 1.29 is 0 Å². The molecule has 0 unspecified atom stereocenters. The second-order valence-electron chi connectivity index (χ2n) is 4.57. The lowest BCUT2D eigenvalue weighted by atomic mass is 10.1. The van der Waals surface area contributed by atoms with Gasteiger partial charge in [-0.2, -0.15) is 0 Å². The van der Waals surface area contributed by atoms with E-state index in [0.717, 1.165) is 35.2 Å². The smallest absolute Gasteiger partial charge is 0.257 e. The summed E-state index contributed by atoms with van der Waals surface area (Å²) in [7, 11) is 0. The zero-order valence-corrected chi connectivity index (χ0v) is 12.6. The quantitative estimate of drug-likeness (QED) is 0.873. The summed E-state index contributed by atoms with van der Waals surface area (Å²) in [6.07, 6.45) is 0.774. The van der Waals surface area contributed by atoms with Crippen LogP contribution in [0.1, 0.15) is 16.1 Å². The number of aromatic nitrogens is 2. The van der Waals surface area contributed by atoms with Crippen LogP contribution in [0.15, 0.2) is 20.7 Å². The summed E-state index contributed by atoms with van der Waals surface area (Å²) in [6, 6.07) is 2.12. The van der Waals surface area contributed by atoms with Crippen LogP contribution in [0.3, 0.4) is 0 Å². The first-order valence-electron chi connectivity index (χ1n) is 5.94. The van der Waals surface area contributed by atoms with Crippen LogP contribution in [-0.2, 0) is 19.5 Å². The van der Waals surface area contributed by atoms with Crippen LogP contribution in [-0.4, -0.2) is 21.4 Å². The van der Waals surface area contributed by atoms with Crippen molar-refractivity contribution in [2.45, 2.75) is 19.5 Å². The molecule has 100 valence electrons. The third kappa shape index (κ3) is 2.72. The van der Waals surface area contributed by atoms with E-state index in [-0.39, 0.29) is 11.5 Å². The van der Waals surface area contributed by atoms with Gasteiger partial charge in [0.05, 0.1) is 11.3 Å². The summed E-state index contributed by atoms with van der Waals surface area (Å²) >= 11 is 5.18. The molecule has 0 aliphatic carbocycles. The molecule has 0 bridgehead atoms. The molecule has 7 heteroatoms. The second kappa shape index (κ2) is 5.07. The summed E-state index contributed by atoms with van der Waals surface area (Å²) in [5, 5.41) is 2.07. The molecule has 0 aromatic carbocycles. The minimum Gasteiger partial charge on any atom is -0.369 e. The molecule has 0 radical (unpaired) electrons. The van der Waals surface area contributed by atoms with Crippen LogP contribution in [0.5, 0.6) is 0 Å². The molecular weight excluding hydrogens is 328 g/mol. The van der Waals surface area contributed by atoms with E-state index in [9.17, 15) is 4.79 Å². The van der Waals surface area contributed by atoms with E-state index in [0.29, 0.717) is 6.54 Å². The van der Waals surface area contributed by atoms with E-state index < -0.39 is 0 Å². The number of rotatable bonds is 2. The zero-order chi connectivity index (χ0) is 13.4. The van der Waals surface area contributed by atoms with Crippen LogP contribution in [0, 0.1) is 0 Å². The largest absolute Gasteiger partial charge is 0.369 e. The van der Waals surface area contributed by atoms with E-state index >= 15 is 0 Å². The Hall–Kier alpha value is -1.18. The number of aromatic amines is 1. The van der Waals surface area contributed by atoms with Crippen molar-refractivity contribution in [2.24, 2.45) is 0 Å². The Labute approximate surface area is 122 Å². The maximum absolute atomic E-state index is 11.9. The fourth-order valence-electron chi connectivity index (χ4n) is 2.29. The fourth-order valence-corrected chi connectivity index (χ4v) is 3.78. The Balaban J connectivity index is 1.80. The van der Waals surface area contributed by atoms with E-state index in [4.69, 9.17) is 5.73 Å². The first-order chi connectivity index (χ1) is 9.11. The molecule has 0 saturated heterocycles. The number of nitrogens with two attached hydrogens (primary N) is 1. The number of nitrogens with zero attached hydrogens (tertiary/aromatic N) is 2. The summed E-state index contributed by atoms with van der Waals surface area (Å²) in [4.78, 5) is 22.2. The average Bonchev–Trinajstić information content (AvgIpc) is 2.75. The van der Waals surface area contributed by atoms with Crippen LogP contribution in [0.25, 0.3) is 0 Å². The van der Waals surface area contributed by atoms with Crippen LogP contribution in [0.4, 0.5) is 5.95 Å². The molecule has 2 aromatic heterocycles. The number of fused-ring (bicyclic) bond motifs is 1. The minimum absolute atomic E-state index is 0.112. The van der Waals surface area contributed by atoms with Crippen molar-refractivity contribution >= 4 is 33.2 Å². The average molecular weight is 341 g/mol. The molecule has 1 aliphatic rings. The lowest BCUT2D eigenvalue weighted by molar-refractivity contribution is 0.244. The minimum atomic E-state index is -0.112. The van der Waals surface area contributed by atoms with Gasteiger partial charge in [-0.05, 0) is 22.0 Å². The van der Waals surface area contributed by atoms with Gasteiger partial charge in [-0.3, -0.25) is 14.7 Å². The molecule has 0 saturated carbocycles. The van der Waals surface area contributed by atoms with Crippen LogP contribution < -0.4 is 11.3 Å². The number of hydrogen-bond donors (Lipinski definition) is 2. The Bertz CT molecular complexity index is 666. The number of anilines is 1. The molecule has 19 heavy (non-hydrogen) atoms. The van der Waals surface area contributed by atoms with E-state index in [2.05, 4.69) is 42.2 Å². The lowest BCUT2D eigenvalue weighted by Gasteiger charge is -2.26. The monoisotopic (exact) mass is 340 g/mol. The molecule has 0 amide bonds. The van der Waals surface area contributed by atoms with Crippen molar-refractivity contribution in [1.29, 1.82) is 0 Å². The zero-order valence-electron chi connectivity index (χ0n) is 10.1.